The van der Waals surface area contributed by atoms with Gasteiger partial charge in [-0.15, -0.1) is 0 Å². The van der Waals surface area contributed by atoms with Crippen molar-refractivity contribution in [2.24, 2.45) is 0 Å². The molecule has 0 aliphatic heterocycles. The normalized spacial score (nSPS) is 21.6. The summed E-state index contributed by atoms with van der Waals surface area (Å²) in [6.45, 7) is 0. The Bertz CT molecular complexity index is 355. The van der Waals surface area contributed by atoms with Crippen LogP contribution >= 0.6 is 27.5 Å². The number of hydrogen-bond donors (Lipinski definition) is 0. The van der Waals surface area contributed by atoms with Crippen molar-refractivity contribution in [2.45, 2.75) is 25.2 Å². The van der Waals surface area contributed by atoms with Crippen LogP contribution in [-0.2, 0) is 4.79 Å². The summed E-state index contributed by atoms with van der Waals surface area (Å²) in [5.41, 5.74) is 0.969. The van der Waals surface area contributed by atoms with Gasteiger partial charge in [0.05, 0.1) is 0 Å². The number of carbonyl (C=O) groups excluding carboxylic acids is 1. The molecule has 1 nitrogen and oxygen atoms in total. The van der Waals surface area contributed by atoms with Gasteiger partial charge in [-0.3, -0.25) is 4.79 Å². The fraction of sp³-hybridized carbons (Fsp3) is 0.364. The van der Waals surface area contributed by atoms with Gasteiger partial charge in [-0.05, 0) is 30.5 Å². The summed E-state index contributed by atoms with van der Waals surface area (Å²) in [5, 5.41) is 0.694. The molecule has 0 bridgehead atoms. The van der Waals surface area contributed by atoms with Crippen molar-refractivity contribution in [3.05, 3.63) is 33.3 Å². The minimum Gasteiger partial charge on any atom is -0.299 e. The van der Waals surface area contributed by atoms with Gasteiger partial charge < -0.3 is 0 Å². The highest BCUT2D eigenvalue weighted by atomic mass is 79.9. The predicted molar refractivity (Wildman–Crippen MR) is 60.8 cm³/mol. The van der Waals surface area contributed by atoms with Gasteiger partial charge in [0.15, 0.2) is 0 Å². The molecule has 0 saturated heterocycles. The molecular formula is C11H10BrClO. The molecule has 14 heavy (non-hydrogen) atoms. The maximum atomic E-state index is 11.6. The number of hydrogen-bond acceptors (Lipinski definition) is 1. The van der Waals surface area contributed by atoms with E-state index in [2.05, 4.69) is 15.9 Å². The Morgan fingerprint density at radius 1 is 1.43 bits per heavy atom. The summed E-state index contributed by atoms with van der Waals surface area (Å²) in [4.78, 5) is 11.6. The van der Waals surface area contributed by atoms with E-state index in [9.17, 15) is 4.79 Å². The maximum absolute atomic E-state index is 11.6. The topological polar surface area (TPSA) is 17.1 Å². The zero-order valence-corrected chi connectivity index (χ0v) is 9.94. The summed E-state index contributed by atoms with van der Waals surface area (Å²) in [5.74, 6) is 0.330. The van der Waals surface area contributed by atoms with Gasteiger partial charge >= 0.3 is 0 Å². The molecule has 0 heterocycles. The van der Waals surface area contributed by atoms with E-state index in [4.69, 9.17) is 11.6 Å². The van der Waals surface area contributed by atoms with Crippen LogP contribution in [-0.4, -0.2) is 5.78 Å². The van der Waals surface area contributed by atoms with E-state index in [1.165, 1.54) is 0 Å². The maximum Gasteiger partial charge on any atom is 0.140 e. The largest absolute Gasteiger partial charge is 0.299 e. The highest BCUT2D eigenvalue weighted by molar-refractivity contribution is 9.10. The average Bonchev–Trinajstić information content (AvgIpc) is 2.52. The first-order valence-electron chi connectivity index (χ1n) is 4.67. The SMILES string of the molecule is O=C1CCCC1c1c(Cl)cccc1Br. The summed E-state index contributed by atoms with van der Waals surface area (Å²) in [6.07, 6.45) is 2.62. The third-order valence-electron chi connectivity index (χ3n) is 2.65. The van der Waals surface area contributed by atoms with E-state index in [0.717, 1.165) is 22.9 Å². The Balaban J connectivity index is 2.44. The zero-order chi connectivity index (χ0) is 10.1. The van der Waals surface area contributed by atoms with Gasteiger partial charge in [-0.25, -0.2) is 0 Å². The predicted octanol–water partition coefficient (Wildman–Crippen LogP) is 3.94. The molecule has 1 unspecified atom stereocenters. The summed E-state index contributed by atoms with van der Waals surface area (Å²) in [6, 6.07) is 5.66. The molecule has 0 aromatic heterocycles. The summed E-state index contributed by atoms with van der Waals surface area (Å²) < 4.78 is 0.949. The first-order chi connectivity index (χ1) is 6.70. The van der Waals surface area contributed by atoms with Crippen molar-refractivity contribution >= 4 is 33.3 Å². The van der Waals surface area contributed by atoms with Crippen molar-refractivity contribution in [1.82, 2.24) is 0 Å². The van der Waals surface area contributed by atoms with E-state index >= 15 is 0 Å². The lowest BCUT2D eigenvalue weighted by Crippen LogP contribution is -2.05. The molecule has 1 fully saturated rings. The molecule has 0 amide bonds. The third-order valence-corrected chi connectivity index (χ3v) is 3.67. The molecule has 0 spiro atoms. The fourth-order valence-electron chi connectivity index (χ4n) is 1.96. The molecule has 1 saturated carbocycles. The van der Waals surface area contributed by atoms with Gasteiger partial charge in [-0.1, -0.05) is 33.6 Å². The highest BCUT2D eigenvalue weighted by Crippen LogP contribution is 2.39. The molecule has 1 aromatic carbocycles. The van der Waals surface area contributed by atoms with Crippen LogP contribution in [0.4, 0.5) is 0 Å². The van der Waals surface area contributed by atoms with Gasteiger partial charge in [0, 0.05) is 21.8 Å². The number of ketones is 1. The Hall–Kier alpha value is -0.340. The quantitative estimate of drug-likeness (QED) is 0.757. The number of benzene rings is 1. The first kappa shape index (κ1) is 10.2. The molecule has 3 heteroatoms. The number of rotatable bonds is 1. The van der Waals surface area contributed by atoms with E-state index in [1.807, 2.05) is 18.2 Å². The second-order valence-electron chi connectivity index (χ2n) is 3.55. The smallest absolute Gasteiger partial charge is 0.140 e. The van der Waals surface area contributed by atoms with Gasteiger partial charge in [0.2, 0.25) is 0 Å². The molecule has 74 valence electrons. The Morgan fingerprint density at radius 3 is 2.79 bits per heavy atom. The number of carbonyl (C=O) groups is 1. The average molecular weight is 274 g/mol. The molecule has 0 N–H and O–H groups in total. The van der Waals surface area contributed by atoms with E-state index < -0.39 is 0 Å². The minimum absolute atomic E-state index is 0.0121. The first-order valence-corrected chi connectivity index (χ1v) is 5.84. The summed E-state index contributed by atoms with van der Waals surface area (Å²) >= 11 is 9.54. The van der Waals surface area contributed by atoms with Crippen LogP contribution in [0.15, 0.2) is 22.7 Å². The van der Waals surface area contributed by atoms with Crippen molar-refractivity contribution in [3.8, 4) is 0 Å². The lowest BCUT2D eigenvalue weighted by Gasteiger charge is -2.12. The van der Waals surface area contributed by atoms with Crippen LogP contribution in [0.5, 0.6) is 0 Å². The van der Waals surface area contributed by atoms with Crippen LogP contribution in [0.25, 0.3) is 0 Å². The molecule has 0 radical (unpaired) electrons. The Kier molecular flexibility index (Phi) is 2.93. The number of halogens is 2. The zero-order valence-electron chi connectivity index (χ0n) is 7.59. The number of Topliss-reactive ketones (excluding diaryl/α,β-unsaturated/α-hetero) is 1. The molecule has 2 rings (SSSR count). The molecule has 1 atom stereocenters. The molecule has 1 aliphatic carbocycles. The van der Waals surface area contributed by atoms with Gasteiger partial charge in [-0.2, -0.15) is 0 Å². The molecule has 1 aliphatic rings. The molecule has 1 aromatic rings. The van der Waals surface area contributed by atoms with Crippen molar-refractivity contribution in [1.29, 1.82) is 0 Å². The highest BCUT2D eigenvalue weighted by Gasteiger charge is 2.28. The Morgan fingerprint density at radius 2 is 2.21 bits per heavy atom. The van der Waals surface area contributed by atoms with Gasteiger partial charge in [0.1, 0.15) is 5.78 Å². The minimum atomic E-state index is 0.0121. The van der Waals surface area contributed by atoms with E-state index in [-0.39, 0.29) is 5.92 Å². The van der Waals surface area contributed by atoms with Crippen LogP contribution in [0.3, 0.4) is 0 Å². The van der Waals surface area contributed by atoms with E-state index in [0.29, 0.717) is 17.2 Å². The third kappa shape index (κ3) is 1.73. The van der Waals surface area contributed by atoms with Crippen LogP contribution in [0.2, 0.25) is 5.02 Å². The van der Waals surface area contributed by atoms with Crippen LogP contribution < -0.4 is 0 Å². The second kappa shape index (κ2) is 4.03. The standard InChI is InChI=1S/C11H10BrClO/c12-8-4-2-5-9(13)11(8)7-3-1-6-10(7)14/h2,4-5,7H,1,3,6H2. The summed E-state index contributed by atoms with van der Waals surface area (Å²) in [7, 11) is 0. The van der Waals surface area contributed by atoms with Crippen molar-refractivity contribution in [2.75, 3.05) is 0 Å². The van der Waals surface area contributed by atoms with Crippen LogP contribution in [0.1, 0.15) is 30.7 Å². The Labute approximate surface area is 96.6 Å². The fourth-order valence-corrected chi connectivity index (χ4v) is 3.03. The van der Waals surface area contributed by atoms with Gasteiger partial charge in [0.25, 0.3) is 0 Å². The van der Waals surface area contributed by atoms with Crippen LogP contribution in [0, 0.1) is 0 Å². The van der Waals surface area contributed by atoms with E-state index in [1.54, 1.807) is 0 Å². The lowest BCUT2D eigenvalue weighted by molar-refractivity contribution is -0.118. The second-order valence-corrected chi connectivity index (χ2v) is 4.81. The monoisotopic (exact) mass is 272 g/mol. The van der Waals surface area contributed by atoms with Crippen molar-refractivity contribution in [3.63, 3.8) is 0 Å². The molecular weight excluding hydrogens is 263 g/mol. The lowest BCUT2D eigenvalue weighted by atomic mass is 9.97. The van der Waals surface area contributed by atoms with Crippen molar-refractivity contribution < 1.29 is 4.79 Å².